The van der Waals surface area contributed by atoms with Crippen molar-refractivity contribution in [2.45, 2.75) is 123 Å². The van der Waals surface area contributed by atoms with E-state index in [9.17, 15) is 51.1 Å². The lowest BCUT2D eigenvalue weighted by molar-refractivity contribution is -0.258. The fourth-order valence-electron chi connectivity index (χ4n) is 6.12. The molecule has 6 unspecified atom stereocenters. The summed E-state index contributed by atoms with van der Waals surface area (Å²) in [4.78, 5) is 0. The first kappa shape index (κ1) is 38.4. The van der Waals surface area contributed by atoms with Crippen molar-refractivity contribution in [1.82, 2.24) is 0 Å². The van der Waals surface area contributed by atoms with E-state index in [1.165, 1.54) is 14.2 Å². The van der Waals surface area contributed by atoms with Gasteiger partial charge >= 0.3 is 0 Å². The average molecular weight is 707 g/mol. The molecular formula is C27H46O21. The fraction of sp³-hybridized carbons (Fsp3) is 1.00. The van der Waals surface area contributed by atoms with Crippen LogP contribution in [0.1, 0.15) is 0 Å². The van der Waals surface area contributed by atoms with E-state index >= 15 is 0 Å². The Hall–Kier alpha value is -0.840. The monoisotopic (exact) mass is 706 g/mol. The molecule has 0 amide bonds. The summed E-state index contributed by atoms with van der Waals surface area (Å²) >= 11 is 0. The fourth-order valence-corrected chi connectivity index (χ4v) is 6.12. The zero-order valence-electron chi connectivity index (χ0n) is 26.0. The molecule has 0 aromatic rings. The second kappa shape index (κ2) is 16.7. The maximum atomic E-state index is 11.2. The maximum absolute atomic E-state index is 11.2. The van der Waals surface area contributed by atoms with E-state index in [-0.39, 0.29) is 13.2 Å². The van der Waals surface area contributed by atoms with Crippen molar-refractivity contribution < 1.29 is 103 Å². The molecule has 0 aromatic carbocycles. The van der Waals surface area contributed by atoms with Crippen molar-refractivity contribution in [3.8, 4) is 0 Å². The Bertz CT molecular complexity index is 997. The van der Waals surface area contributed by atoms with Crippen LogP contribution in [-0.2, 0) is 52.1 Å². The molecule has 0 spiro atoms. The van der Waals surface area contributed by atoms with Crippen LogP contribution in [0, 0.1) is 0 Å². The van der Waals surface area contributed by atoms with Gasteiger partial charge in [0.15, 0.2) is 31.5 Å². The number of hydrogen-bond donors (Lipinski definition) is 10. The van der Waals surface area contributed by atoms with Gasteiger partial charge in [-0.25, -0.2) is 0 Å². The first-order valence-corrected chi connectivity index (χ1v) is 15.4. The minimum Gasteiger partial charge on any atom is -0.394 e. The minimum absolute atomic E-state index is 0.101. The summed E-state index contributed by atoms with van der Waals surface area (Å²) in [6, 6.07) is 0. The summed E-state index contributed by atoms with van der Waals surface area (Å²) < 4.78 is 61.0. The summed E-state index contributed by atoms with van der Waals surface area (Å²) in [5.74, 6) is 0. The van der Waals surface area contributed by atoms with Crippen molar-refractivity contribution in [1.29, 1.82) is 0 Å². The minimum atomic E-state index is -1.62. The quantitative estimate of drug-likeness (QED) is 0.0756. The molecule has 0 bridgehead atoms. The third-order valence-electron chi connectivity index (χ3n) is 8.90. The largest absolute Gasteiger partial charge is 0.394 e. The Balaban J connectivity index is 1.28. The highest BCUT2D eigenvalue weighted by atomic mass is 16.8. The molecule has 5 rings (SSSR count). The van der Waals surface area contributed by atoms with Crippen LogP contribution in [0.25, 0.3) is 0 Å². The van der Waals surface area contributed by atoms with Gasteiger partial charge in [-0.3, -0.25) is 0 Å². The maximum Gasteiger partial charge on any atom is 0.187 e. The van der Waals surface area contributed by atoms with Crippen LogP contribution in [0.2, 0.25) is 0 Å². The number of rotatable bonds is 15. The van der Waals surface area contributed by atoms with Crippen molar-refractivity contribution in [2.24, 2.45) is 0 Å². The standard InChI is InChI=1S/C27H46O21/c1-38-5-10-16(33)22(48-26-19(36)14(31)9(4-29)43-26)27(45-10)41-7-12-21(47-25-18(35)13(30)8(3-28)42-25)20(37)24(46-12)40-6-11-15(32)17(34)23(39-2)44-11/h8-37H,3-7H2,1-2H3/t8-,9-,10-,11-,12-,13?,14?,15?,16?,17-,18?,19-,20-,21?,22-,23+,24+,25-,26-,27+/m0/s1. The Kier molecular flexibility index (Phi) is 13.3. The zero-order chi connectivity index (χ0) is 34.9. The number of aliphatic hydroxyl groups excluding tert-OH is 10. The van der Waals surface area contributed by atoms with E-state index in [0.717, 1.165) is 0 Å². The summed E-state index contributed by atoms with van der Waals surface area (Å²) in [6.07, 6.45) is -27.3. The van der Waals surface area contributed by atoms with Crippen LogP contribution < -0.4 is 0 Å². The molecule has 5 saturated heterocycles. The summed E-state index contributed by atoms with van der Waals surface area (Å²) in [6.45, 7) is -2.20. The van der Waals surface area contributed by atoms with Gasteiger partial charge in [-0.1, -0.05) is 0 Å². The molecule has 280 valence electrons. The predicted molar refractivity (Wildman–Crippen MR) is 146 cm³/mol. The van der Waals surface area contributed by atoms with Crippen molar-refractivity contribution in [3.63, 3.8) is 0 Å². The third kappa shape index (κ3) is 7.81. The predicted octanol–water partition coefficient (Wildman–Crippen LogP) is -7.42. The first-order chi connectivity index (χ1) is 22.9. The smallest absolute Gasteiger partial charge is 0.187 e. The first-order valence-electron chi connectivity index (χ1n) is 15.4. The van der Waals surface area contributed by atoms with Gasteiger partial charge in [0.2, 0.25) is 0 Å². The number of ether oxygens (including phenoxy) is 11. The lowest BCUT2D eigenvalue weighted by atomic mass is 10.1. The summed E-state index contributed by atoms with van der Waals surface area (Å²) in [7, 11) is 2.64. The molecule has 21 heteroatoms. The highest BCUT2D eigenvalue weighted by molar-refractivity contribution is 4.95. The normalized spacial score (nSPS) is 51.0. The van der Waals surface area contributed by atoms with Crippen LogP contribution in [0.15, 0.2) is 0 Å². The van der Waals surface area contributed by atoms with Gasteiger partial charge in [-0.15, -0.1) is 0 Å². The molecule has 0 radical (unpaired) electrons. The summed E-state index contributed by atoms with van der Waals surface area (Å²) in [5.41, 5.74) is 0. The lowest BCUT2D eigenvalue weighted by Gasteiger charge is -2.28. The van der Waals surface area contributed by atoms with E-state index in [0.29, 0.717) is 0 Å². The Morgan fingerprint density at radius 3 is 1.38 bits per heavy atom. The van der Waals surface area contributed by atoms with Crippen LogP contribution in [0.3, 0.4) is 0 Å². The Labute approximate surface area is 273 Å². The topological polar surface area (TPSA) is 304 Å². The van der Waals surface area contributed by atoms with E-state index in [1.807, 2.05) is 0 Å². The molecular weight excluding hydrogens is 660 g/mol. The van der Waals surface area contributed by atoms with Gasteiger partial charge in [-0.05, 0) is 0 Å². The van der Waals surface area contributed by atoms with E-state index in [2.05, 4.69) is 0 Å². The van der Waals surface area contributed by atoms with Gasteiger partial charge in [0, 0.05) is 14.2 Å². The number of methoxy groups -OCH3 is 2. The molecule has 10 N–H and O–H groups in total. The Morgan fingerprint density at radius 1 is 0.417 bits per heavy atom. The van der Waals surface area contributed by atoms with Crippen molar-refractivity contribution in [3.05, 3.63) is 0 Å². The molecule has 5 aliphatic heterocycles. The summed E-state index contributed by atoms with van der Waals surface area (Å²) in [5, 5.41) is 102. The van der Waals surface area contributed by atoms with Gasteiger partial charge in [0.05, 0.1) is 33.0 Å². The lowest BCUT2D eigenvalue weighted by Crippen LogP contribution is -2.46. The molecule has 0 aromatic heterocycles. The molecule has 0 saturated carbocycles. The molecule has 5 aliphatic rings. The molecule has 0 aliphatic carbocycles. The van der Waals surface area contributed by atoms with Gasteiger partial charge < -0.3 is 103 Å². The van der Waals surface area contributed by atoms with E-state index in [1.54, 1.807) is 0 Å². The van der Waals surface area contributed by atoms with Crippen molar-refractivity contribution in [2.75, 3.05) is 47.3 Å². The third-order valence-corrected chi connectivity index (χ3v) is 8.90. The average Bonchev–Trinajstić information content (AvgIpc) is 3.80. The molecule has 20 atom stereocenters. The molecule has 5 heterocycles. The number of aliphatic hydroxyl groups is 10. The highest BCUT2D eigenvalue weighted by Gasteiger charge is 2.54. The molecule has 48 heavy (non-hydrogen) atoms. The van der Waals surface area contributed by atoms with Crippen LogP contribution in [-0.4, -0.2) is 221 Å². The highest BCUT2D eigenvalue weighted by Crippen LogP contribution is 2.34. The van der Waals surface area contributed by atoms with Crippen LogP contribution in [0.5, 0.6) is 0 Å². The van der Waals surface area contributed by atoms with Gasteiger partial charge in [0.1, 0.15) is 91.6 Å². The van der Waals surface area contributed by atoms with Crippen molar-refractivity contribution >= 4 is 0 Å². The molecule has 5 fully saturated rings. The zero-order valence-corrected chi connectivity index (χ0v) is 26.0. The van der Waals surface area contributed by atoms with Crippen LogP contribution >= 0.6 is 0 Å². The van der Waals surface area contributed by atoms with Crippen LogP contribution in [0.4, 0.5) is 0 Å². The van der Waals surface area contributed by atoms with Gasteiger partial charge in [0.25, 0.3) is 0 Å². The number of hydrogen-bond acceptors (Lipinski definition) is 21. The Morgan fingerprint density at radius 2 is 0.854 bits per heavy atom. The SMILES string of the molecule is COC[C@@H]1O[C@@H](OC[C@@H]2O[C@@H](OC[C@@H]3O[C@@H](OC)[C@@H](O)C3O)[C@@H](O)C2O[C@@H]2O[C@@H](CO)C(O)C2O)[C@@H](O[C@@H]2O[C@@H](CO)C(O)[C@@H]2O)C1O. The van der Waals surface area contributed by atoms with E-state index in [4.69, 9.17) is 52.1 Å². The van der Waals surface area contributed by atoms with Gasteiger partial charge in [-0.2, -0.15) is 0 Å². The second-order valence-corrected chi connectivity index (χ2v) is 12.1. The molecule has 21 nitrogen and oxygen atoms in total. The van der Waals surface area contributed by atoms with E-state index < -0.39 is 143 Å². The second-order valence-electron chi connectivity index (χ2n) is 12.1.